The van der Waals surface area contributed by atoms with Gasteiger partial charge < -0.3 is 15.2 Å². The van der Waals surface area contributed by atoms with E-state index in [1.807, 2.05) is 20.8 Å². The Morgan fingerprint density at radius 2 is 2.10 bits per heavy atom. The molecule has 0 aliphatic rings. The second-order valence-electron chi connectivity index (χ2n) is 5.92. The van der Waals surface area contributed by atoms with E-state index in [9.17, 15) is 15.2 Å². The van der Waals surface area contributed by atoms with Gasteiger partial charge in [0.25, 0.3) is 0 Å². The summed E-state index contributed by atoms with van der Waals surface area (Å²) in [7, 11) is 0. The van der Waals surface area contributed by atoms with Crippen molar-refractivity contribution in [2.45, 2.75) is 39.3 Å². The third-order valence-corrected chi connectivity index (χ3v) is 3.16. The van der Waals surface area contributed by atoms with E-state index < -0.39 is 11.0 Å². The lowest BCUT2D eigenvalue weighted by Gasteiger charge is -2.23. The number of aliphatic hydroxyl groups is 1. The molecule has 0 fully saturated rings. The summed E-state index contributed by atoms with van der Waals surface area (Å²) in [6.45, 7) is 8.05. The highest BCUT2D eigenvalue weighted by Crippen LogP contribution is 2.34. The van der Waals surface area contributed by atoms with Gasteiger partial charge in [0.1, 0.15) is 12.7 Å². The molecule has 1 rings (SSSR count). The van der Waals surface area contributed by atoms with Crippen molar-refractivity contribution >= 4 is 21.6 Å². The van der Waals surface area contributed by atoms with Gasteiger partial charge in [-0.05, 0) is 39.3 Å². The van der Waals surface area contributed by atoms with Crippen LogP contribution in [0.3, 0.4) is 0 Å². The van der Waals surface area contributed by atoms with Crippen LogP contribution in [0.2, 0.25) is 0 Å². The molecule has 1 aromatic rings. The normalized spacial score (nSPS) is 13.0. The molecular weight excluding hydrogens is 340 g/mol. The van der Waals surface area contributed by atoms with Gasteiger partial charge in [-0.2, -0.15) is 0 Å². The molecule has 7 heteroatoms. The van der Waals surface area contributed by atoms with E-state index in [-0.39, 0.29) is 23.6 Å². The molecule has 0 radical (unpaired) electrons. The van der Waals surface area contributed by atoms with Gasteiger partial charge in [-0.25, -0.2) is 0 Å². The Bertz CT molecular complexity index is 514. The first kappa shape index (κ1) is 17.9. The van der Waals surface area contributed by atoms with Gasteiger partial charge in [-0.15, -0.1) is 0 Å². The fourth-order valence-electron chi connectivity index (χ4n) is 1.70. The van der Waals surface area contributed by atoms with Crippen LogP contribution < -0.4 is 10.1 Å². The SMILES string of the molecule is Cc1cc(Br)cc([N+](=O)[O-])c1OCC(O)CNC(C)(C)C. The molecule has 1 unspecified atom stereocenters. The van der Waals surface area contributed by atoms with Crippen LogP contribution >= 0.6 is 15.9 Å². The largest absolute Gasteiger partial charge is 0.484 e. The number of hydrogen-bond acceptors (Lipinski definition) is 5. The summed E-state index contributed by atoms with van der Waals surface area (Å²) in [5.41, 5.74) is 0.422. The van der Waals surface area contributed by atoms with Gasteiger partial charge in [0, 0.05) is 22.6 Å². The van der Waals surface area contributed by atoms with Crippen molar-refractivity contribution in [3.8, 4) is 5.75 Å². The van der Waals surface area contributed by atoms with Gasteiger partial charge in [-0.1, -0.05) is 15.9 Å². The standard InChI is InChI=1S/C14H21BrN2O4/c1-9-5-10(15)6-12(17(19)20)13(9)21-8-11(18)7-16-14(2,3)4/h5-6,11,16,18H,7-8H2,1-4H3. The summed E-state index contributed by atoms with van der Waals surface area (Å²) in [5, 5.41) is 24.1. The van der Waals surface area contributed by atoms with Crippen molar-refractivity contribution in [1.29, 1.82) is 0 Å². The zero-order valence-corrected chi connectivity index (χ0v) is 14.2. The molecule has 0 spiro atoms. The minimum Gasteiger partial charge on any atom is -0.484 e. The number of rotatable bonds is 6. The Balaban J connectivity index is 2.73. The average Bonchev–Trinajstić information content (AvgIpc) is 2.33. The number of halogens is 1. The lowest BCUT2D eigenvalue weighted by Crippen LogP contribution is -2.42. The van der Waals surface area contributed by atoms with Crippen molar-refractivity contribution in [2.24, 2.45) is 0 Å². The van der Waals surface area contributed by atoms with Crippen molar-refractivity contribution in [2.75, 3.05) is 13.2 Å². The molecule has 1 aromatic carbocycles. The predicted octanol–water partition coefficient (Wildman–Crippen LogP) is 2.79. The Morgan fingerprint density at radius 1 is 1.48 bits per heavy atom. The molecule has 0 aromatic heterocycles. The van der Waals surface area contributed by atoms with Crippen LogP contribution in [-0.2, 0) is 0 Å². The van der Waals surface area contributed by atoms with Crippen LogP contribution in [0.1, 0.15) is 26.3 Å². The second-order valence-corrected chi connectivity index (χ2v) is 6.84. The Labute approximate surface area is 132 Å². The smallest absolute Gasteiger partial charge is 0.312 e. The highest BCUT2D eigenvalue weighted by atomic mass is 79.9. The maximum Gasteiger partial charge on any atom is 0.312 e. The molecule has 0 saturated carbocycles. The van der Waals surface area contributed by atoms with Crippen LogP contribution in [0.5, 0.6) is 5.75 Å². The summed E-state index contributed by atoms with van der Waals surface area (Å²) in [5.74, 6) is 0.193. The monoisotopic (exact) mass is 360 g/mol. The summed E-state index contributed by atoms with van der Waals surface area (Å²) in [6.07, 6.45) is -0.744. The van der Waals surface area contributed by atoms with E-state index >= 15 is 0 Å². The summed E-state index contributed by atoms with van der Waals surface area (Å²) >= 11 is 3.22. The number of nitrogens with zero attached hydrogens (tertiary/aromatic N) is 1. The molecule has 0 aliphatic carbocycles. The van der Waals surface area contributed by atoms with Crippen LogP contribution in [0.15, 0.2) is 16.6 Å². The molecule has 0 amide bonds. The number of aryl methyl sites for hydroxylation is 1. The number of nitrogens with one attached hydrogen (secondary N) is 1. The van der Waals surface area contributed by atoms with E-state index in [1.54, 1.807) is 13.0 Å². The van der Waals surface area contributed by atoms with Gasteiger partial charge in [0.05, 0.1) is 4.92 Å². The topological polar surface area (TPSA) is 84.6 Å². The number of ether oxygens (including phenoxy) is 1. The van der Waals surface area contributed by atoms with Crippen molar-refractivity contribution in [3.05, 3.63) is 32.3 Å². The Hall–Kier alpha value is -1.18. The van der Waals surface area contributed by atoms with E-state index in [1.165, 1.54) is 6.07 Å². The van der Waals surface area contributed by atoms with Crippen LogP contribution in [0, 0.1) is 17.0 Å². The molecule has 0 aliphatic heterocycles. The van der Waals surface area contributed by atoms with Gasteiger partial charge >= 0.3 is 5.69 Å². The van der Waals surface area contributed by atoms with E-state index in [2.05, 4.69) is 21.2 Å². The molecule has 118 valence electrons. The van der Waals surface area contributed by atoms with Gasteiger partial charge in [0.2, 0.25) is 0 Å². The number of β-amino-alcohol motifs (C(OH)–C–C–N with tert-alkyl or cyclic N) is 1. The van der Waals surface area contributed by atoms with Crippen LogP contribution in [-0.4, -0.2) is 34.8 Å². The molecule has 0 saturated heterocycles. The number of benzene rings is 1. The zero-order valence-electron chi connectivity index (χ0n) is 12.6. The first-order valence-electron chi connectivity index (χ1n) is 6.60. The fraction of sp³-hybridized carbons (Fsp3) is 0.571. The highest BCUT2D eigenvalue weighted by molar-refractivity contribution is 9.10. The average molecular weight is 361 g/mol. The Kier molecular flexibility index (Phi) is 6.12. The van der Waals surface area contributed by atoms with Crippen molar-refractivity contribution in [1.82, 2.24) is 5.32 Å². The molecule has 0 heterocycles. The minimum atomic E-state index is -0.744. The molecule has 21 heavy (non-hydrogen) atoms. The summed E-state index contributed by atoms with van der Waals surface area (Å²) in [6, 6.07) is 3.13. The van der Waals surface area contributed by atoms with E-state index in [4.69, 9.17) is 4.74 Å². The van der Waals surface area contributed by atoms with Crippen LogP contribution in [0.25, 0.3) is 0 Å². The highest BCUT2D eigenvalue weighted by Gasteiger charge is 2.20. The summed E-state index contributed by atoms with van der Waals surface area (Å²) in [4.78, 5) is 10.6. The minimum absolute atomic E-state index is 0.00755. The third kappa shape index (κ3) is 5.99. The number of nitro groups is 1. The zero-order chi connectivity index (χ0) is 16.2. The maximum atomic E-state index is 11.1. The summed E-state index contributed by atoms with van der Waals surface area (Å²) < 4.78 is 6.08. The molecule has 0 bridgehead atoms. The molecular formula is C14H21BrN2O4. The predicted molar refractivity (Wildman–Crippen MR) is 84.8 cm³/mol. The number of nitro benzene ring substituents is 1. The number of aliphatic hydroxyl groups excluding tert-OH is 1. The molecule has 2 N–H and O–H groups in total. The lowest BCUT2D eigenvalue weighted by molar-refractivity contribution is -0.386. The van der Waals surface area contributed by atoms with Gasteiger partial charge in [-0.3, -0.25) is 10.1 Å². The van der Waals surface area contributed by atoms with Gasteiger partial charge in [0.15, 0.2) is 5.75 Å². The molecule has 1 atom stereocenters. The Morgan fingerprint density at radius 3 is 2.62 bits per heavy atom. The fourth-order valence-corrected chi connectivity index (χ4v) is 2.26. The quantitative estimate of drug-likeness (QED) is 0.601. The first-order chi connectivity index (χ1) is 9.60. The lowest BCUT2D eigenvalue weighted by atomic mass is 10.1. The second kappa shape index (κ2) is 7.20. The van der Waals surface area contributed by atoms with Crippen LogP contribution in [0.4, 0.5) is 5.69 Å². The number of hydrogen-bond donors (Lipinski definition) is 2. The van der Waals surface area contributed by atoms with E-state index in [0.717, 1.165) is 0 Å². The first-order valence-corrected chi connectivity index (χ1v) is 7.40. The molecule has 6 nitrogen and oxygen atoms in total. The third-order valence-electron chi connectivity index (χ3n) is 2.70. The van der Waals surface area contributed by atoms with Crippen molar-refractivity contribution in [3.63, 3.8) is 0 Å². The maximum absolute atomic E-state index is 11.1. The van der Waals surface area contributed by atoms with Crippen molar-refractivity contribution < 1.29 is 14.8 Å². The van der Waals surface area contributed by atoms with E-state index in [0.29, 0.717) is 16.6 Å².